The number of nitro benzene ring substituents is 1. The van der Waals surface area contributed by atoms with Crippen LogP contribution < -0.4 is 22.1 Å². The van der Waals surface area contributed by atoms with Crippen molar-refractivity contribution in [3.05, 3.63) is 38.9 Å². The number of rotatable bonds is 2. The molecule has 8 N–H and O–H groups in total. The van der Waals surface area contributed by atoms with Gasteiger partial charge in [-0.15, -0.1) is 0 Å². The van der Waals surface area contributed by atoms with E-state index < -0.39 is 28.2 Å². The highest BCUT2D eigenvalue weighted by atomic mass is 16.6. The summed E-state index contributed by atoms with van der Waals surface area (Å²) in [4.78, 5) is 18.5. The Hall–Kier alpha value is -4.78. The molecular weight excluding hydrogens is 370 g/mol. The van der Waals surface area contributed by atoms with Crippen molar-refractivity contribution < 1.29 is 15.1 Å². The molecule has 1 aromatic carbocycles. The van der Waals surface area contributed by atoms with E-state index in [0.717, 1.165) is 12.1 Å². The van der Waals surface area contributed by atoms with Crippen LogP contribution >= 0.6 is 0 Å². The number of nitrogens with one attached hydrogen (secondary N) is 2. The lowest BCUT2D eigenvalue weighted by atomic mass is 9.94. The van der Waals surface area contributed by atoms with Gasteiger partial charge in [-0.2, -0.15) is 10.5 Å². The number of nitro groups is 1. The van der Waals surface area contributed by atoms with Crippen LogP contribution in [0.5, 0.6) is 11.5 Å². The number of benzene rings is 1. The molecule has 0 radical (unpaired) electrons. The molecule has 1 aliphatic heterocycles. The van der Waals surface area contributed by atoms with E-state index in [1.807, 2.05) is 6.07 Å². The van der Waals surface area contributed by atoms with Crippen molar-refractivity contribution in [2.24, 2.45) is 4.99 Å². The number of aromatic hydroxyl groups is 2. The fraction of sp³-hybridized carbons (Fsp3) is 0.0667. The van der Waals surface area contributed by atoms with Crippen LogP contribution in [0, 0.1) is 32.9 Å². The third-order valence-electron chi connectivity index (χ3n) is 3.97. The molecule has 1 aromatic heterocycles. The monoisotopic (exact) mass is 381 g/mol. The van der Waals surface area contributed by atoms with Crippen molar-refractivity contribution in [1.29, 1.82) is 10.5 Å². The molecular formula is C15H11N9O4. The third kappa shape index (κ3) is 2.74. The number of pyridine rings is 1. The molecule has 0 spiro atoms. The first-order valence-corrected chi connectivity index (χ1v) is 7.47. The normalized spacial score (nSPS) is 14.6. The number of fused-ring (bicyclic) bond motifs is 1. The van der Waals surface area contributed by atoms with Crippen LogP contribution in [0.25, 0.3) is 0 Å². The molecule has 2 heterocycles. The van der Waals surface area contributed by atoms with Gasteiger partial charge in [-0.05, 0) is 0 Å². The number of anilines is 3. The smallest absolute Gasteiger partial charge is 0.311 e. The van der Waals surface area contributed by atoms with Gasteiger partial charge in [0.25, 0.3) is 0 Å². The Bertz CT molecular complexity index is 1130. The zero-order valence-electron chi connectivity index (χ0n) is 13.8. The van der Waals surface area contributed by atoms with Crippen molar-refractivity contribution >= 4 is 29.0 Å². The number of nitriles is 2. The van der Waals surface area contributed by atoms with Crippen molar-refractivity contribution in [3.63, 3.8) is 0 Å². The van der Waals surface area contributed by atoms with Gasteiger partial charge in [0, 0.05) is 23.3 Å². The van der Waals surface area contributed by atoms with E-state index >= 15 is 0 Å². The first kappa shape index (κ1) is 18.0. The van der Waals surface area contributed by atoms with Crippen LogP contribution in [0.2, 0.25) is 0 Å². The van der Waals surface area contributed by atoms with E-state index in [1.54, 1.807) is 6.19 Å². The maximum Gasteiger partial charge on any atom is 0.311 e. The number of hydrogen-bond acceptors (Lipinski definition) is 12. The topological polar surface area (TPSA) is 233 Å². The van der Waals surface area contributed by atoms with Gasteiger partial charge in [-0.1, -0.05) is 0 Å². The standard InChI is InChI=1S/C15H11N9O4/c16-3-6-11(18)10-12(5-1-7(24(27)28)9(26)2-8(5)25)21-15(20-4-17)23-14(10)22-13(6)19/h1-2,12,25-26H,(H6,18,19,20,21,22,23). The van der Waals surface area contributed by atoms with Gasteiger partial charge in [0.2, 0.25) is 5.96 Å². The predicted molar refractivity (Wildman–Crippen MR) is 95.9 cm³/mol. The molecule has 13 heteroatoms. The van der Waals surface area contributed by atoms with Gasteiger partial charge >= 0.3 is 5.69 Å². The van der Waals surface area contributed by atoms with Gasteiger partial charge < -0.3 is 27.0 Å². The molecule has 1 aliphatic rings. The van der Waals surface area contributed by atoms with Crippen LogP contribution in [-0.2, 0) is 0 Å². The highest BCUT2D eigenvalue weighted by Gasteiger charge is 2.33. The minimum Gasteiger partial charge on any atom is -0.507 e. The molecule has 140 valence electrons. The average Bonchev–Trinajstić information content (AvgIpc) is 2.61. The fourth-order valence-electron chi connectivity index (χ4n) is 2.75. The lowest BCUT2D eigenvalue weighted by Crippen LogP contribution is -2.32. The largest absolute Gasteiger partial charge is 0.507 e. The molecule has 13 nitrogen and oxygen atoms in total. The molecule has 3 rings (SSSR count). The van der Waals surface area contributed by atoms with Crippen LogP contribution in [0.1, 0.15) is 22.7 Å². The van der Waals surface area contributed by atoms with Crippen molar-refractivity contribution in [3.8, 4) is 23.8 Å². The summed E-state index contributed by atoms with van der Waals surface area (Å²) in [7, 11) is 0. The molecule has 1 unspecified atom stereocenters. The van der Waals surface area contributed by atoms with Crippen molar-refractivity contribution in [1.82, 2.24) is 10.3 Å². The minimum atomic E-state index is -1.19. The summed E-state index contributed by atoms with van der Waals surface area (Å²) < 4.78 is 0. The summed E-state index contributed by atoms with van der Waals surface area (Å²) in [6, 6.07) is 2.32. The Morgan fingerprint density at radius 2 is 2.00 bits per heavy atom. The molecule has 2 aromatic rings. The Labute approximate surface area is 156 Å². The Morgan fingerprint density at radius 3 is 2.61 bits per heavy atom. The van der Waals surface area contributed by atoms with E-state index in [-0.39, 0.29) is 40.0 Å². The van der Waals surface area contributed by atoms with Gasteiger partial charge in [0.15, 0.2) is 11.9 Å². The number of aliphatic imine (C=N–C) groups is 1. The maximum atomic E-state index is 11.2. The number of guanidine groups is 1. The van der Waals surface area contributed by atoms with E-state index in [2.05, 4.69) is 20.6 Å². The molecule has 0 amide bonds. The summed E-state index contributed by atoms with van der Waals surface area (Å²) in [5, 5.41) is 54.1. The summed E-state index contributed by atoms with van der Waals surface area (Å²) in [5.41, 5.74) is 10.9. The van der Waals surface area contributed by atoms with Crippen molar-refractivity contribution in [2.45, 2.75) is 6.04 Å². The van der Waals surface area contributed by atoms with E-state index in [1.165, 1.54) is 0 Å². The van der Waals surface area contributed by atoms with Crippen molar-refractivity contribution in [2.75, 3.05) is 16.8 Å². The SMILES string of the molecule is N#CNC1=NC(c2cc([N+](=O)[O-])c(O)cc2O)c2c(nc(N)c(C#N)c2N)N1. The molecule has 0 bridgehead atoms. The highest BCUT2D eigenvalue weighted by molar-refractivity contribution is 5.98. The minimum absolute atomic E-state index is 0.0434. The highest BCUT2D eigenvalue weighted by Crippen LogP contribution is 2.45. The second-order valence-electron chi connectivity index (χ2n) is 5.56. The Kier molecular flexibility index (Phi) is 4.19. The second kappa shape index (κ2) is 6.50. The number of hydrogen-bond donors (Lipinski definition) is 6. The number of nitrogens with zero attached hydrogens (tertiary/aromatic N) is 5. The quantitative estimate of drug-likeness (QED) is 0.180. The van der Waals surface area contributed by atoms with Gasteiger partial charge in [-0.3, -0.25) is 15.4 Å². The van der Waals surface area contributed by atoms with E-state index in [0.29, 0.717) is 0 Å². The molecule has 0 fully saturated rings. The third-order valence-corrected chi connectivity index (χ3v) is 3.97. The maximum absolute atomic E-state index is 11.2. The number of nitrogen functional groups attached to an aromatic ring is 2. The molecule has 1 atom stereocenters. The number of phenolic OH excluding ortho intramolecular Hbond substituents is 2. The molecule has 0 aliphatic carbocycles. The average molecular weight is 381 g/mol. The molecule has 28 heavy (non-hydrogen) atoms. The lowest BCUT2D eigenvalue weighted by Gasteiger charge is -2.26. The lowest BCUT2D eigenvalue weighted by molar-refractivity contribution is -0.386. The summed E-state index contributed by atoms with van der Waals surface area (Å²) in [6.45, 7) is 0. The van der Waals surface area contributed by atoms with Gasteiger partial charge in [-0.25, -0.2) is 9.98 Å². The van der Waals surface area contributed by atoms with Crippen LogP contribution in [-0.4, -0.2) is 26.1 Å². The summed E-state index contributed by atoms with van der Waals surface area (Å²) in [5.74, 6) is -1.49. The molecule has 0 saturated heterocycles. The number of aromatic nitrogens is 1. The number of nitrogens with two attached hydrogens (primary N) is 2. The number of phenols is 2. The van der Waals surface area contributed by atoms with Gasteiger partial charge in [0.05, 0.1) is 10.6 Å². The van der Waals surface area contributed by atoms with Crippen LogP contribution in [0.15, 0.2) is 17.1 Å². The van der Waals surface area contributed by atoms with Gasteiger partial charge in [0.1, 0.15) is 35.1 Å². The predicted octanol–water partition coefficient (Wildman–Crippen LogP) is 0.379. The van der Waals surface area contributed by atoms with E-state index in [9.17, 15) is 25.6 Å². The van der Waals surface area contributed by atoms with Crippen LogP contribution in [0.3, 0.4) is 0 Å². The fourth-order valence-corrected chi connectivity index (χ4v) is 2.75. The summed E-state index contributed by atoms with van der Waals surface area (Å²) in [6.07, 6.45) is 1.65. The zero-order valence-corrected chi connectivity index (χ0v) is 13.8. The van der Waals surface area contributed by atoms with E-state index in [4.69, 9.17) is 16.7 Å². The first-order chi connectivity index (χ1) is 13.3. The summed E-state index contributed by atoms with van der Waals surface area (Å²) >= 11 is 0. The molecule has 0 saturated carbocycles. The Morgan fingerprint density at radius 1 is 1.29 bits per heavy atom. The Balaban J connectivity index is 2.33. The second-order valence-corrected chi connectivity index (χ2v) is 5.56. The zero-order chi connectivity index (χ0) is 20.6. The first-order valence-electron chi connectivity index (χ1n) is 7.47. The van der Waals surface area contributed by atoms with Crippen LogP contribution in [0.4, 0.5) is 23.0 Å².